The van der Waals surface area contributed by atoms with Gasteiger partial charge in [-0.2, -0.15) is 0 Å². The lowest BCUT2D eigenvalue weighted by atomic mass is 10.1. The van der Waals surface area contributed by atoms with Crippen LogP contribution in [0.25, 0.3) is 0 Å². The van der Waals surface area contributed by atoms with E-state index in [0.29, 0.717) is 12.1 Å². The van der Waals surface area contributed by atoms with Crippen LogP contribution in [0, 0.1) is 0 Å². The molecular formula is C10H18ClN3S. The number of aromatic nitrogens is 1. The van der Waals surface area contributed by atoms with E-state index in [1.54, 1.807) is 11.3 Å². The van der Waals surface area contributed by atoms with Gasteiger partial charge in [-0.25, -0.2) is 4.98 Å². The molecule has 1 atom stereocenters. The van der Waals surface area contributed by atoms with E-state index in [0.717, 1.165) is 13.1 Å². The van der Waals surface area contributed by atoms with Crippen molar-refractivity contribution in [2.45, 2.75) is 31.8 Å². The van der Waals surface area contributed by atoms with E-state index in [9.17, 15) is 0 Å². The number of hydrogen-bond donors (Lipinski definition) is 2. The number of piperidine rings is 1. The average molecular weight is 248 g/mol. The van der Waals surface area contributed by atoms with Crippen molar-refractivity contribution in [1.82, 2.24) is 15.6 Å². The molecule has 1 aliphatic rings. The van der Waals surface area contributed by atoms with Crippen molar-refractivity contribution in [3.63, 3.8) is 0 Å². The predicted octanol–water partition coefficient (Wildman–Crippen LogP) is 1.97. The molecular weight excluding hydrogens is 230 g/mol. The van der Waals surface area contributed by atoms with Crippen molar-refractivity contribution in [2.24, 2.45) is 0 Å². The summed E-state index contributed by atoms with van der Waals surface area (Å²) in [7, 11) is 0. The summed E-state index contributed by atoms with van der Waals surface area (Å²) in [5.74, 6) is 0. The largest absolute Gasteiger partial charge is 0.317 e. The molecule has 1 aromatic rings. The Balaban J connectivity index is 0.00000112. The maximum Gasteiger partial charge on any atom is 0.109 e. The molecule has 0 saturated carbocycles. The minimum atomic E-state index is 0. The van der Waals surface area contributed by atoms with Crippen LogP contribution in [0.15, 0.2) is 11.6 Å². The van der Waals surface area contributed by atoms with Gasteiger partial charge in [-0.05, 0) is 32.9 Å². The Bertz CT molecular complexity index is 260. The molecule has 1 saturated heterocycles. The first kappa shape index (κ1) is 12.9. The normalized spacial score (nSPS) is 19.5. The maximum atomic E-state index is 4.32. The minimum absolute atomic E-state index is 0. The molecule has 0 aliphatic carbocycles. The Morgan fingerprint density at radius 3 is 2.87 bits per heavy atom. The minimum Gasteiger partial charge on any atom is -0.317 e. The zero-order valence-corrected chi connectivity index (χ0v) is 10.5. The zero-order chi connectivity index (χ0) is 9.80. The van der Waals surface area contributed by atoms with Gasteiger partial charge in [-0.3, -0.25) is 0 Å². The fourth-order valence-electron chi connectivity index (χ4n) is 1.86. The van der Waals surface area contributed by atoms with E-state index in [1.165, 1.54) is 17.8 Å². The van der Waals surface area contributed by atoms with Crippen molar-refractivity contribution in [1.29, 1.82) is 0 Å². The van der Waals surface area contributed by atoms with E-state index in [2.05, 4.69) is 22.5 Å². The molecule has 1 aliphatic heterocycles. The molecule has 0 amide bonds. The van der Waals surface area contributed by atoms with Crippen molar-refractivity contribution >= 4 is 23.7 Å². The quantitative estimate of drug-likeness (QED) is 0.858. The van der Waals surface area contributed by atoms with Gasteiger partial charge < -0.3 is 10.6 Å². The van der Waals surface area contributed by atoms with Crippen LogP contribution in [-0.2, 0) is 0 Å². The van der Waals surface area contributed by atoms with Gasteiger partial charge in [0, 0.05) is 17.6 Å². The molecule has 86 valence electrons. The molecule has 1 fully saturated rings. The number of nitrogens with zero attached hydrogens (tertiary/aromatic N) is 1. The highest BCUT2D eigenvalue weighted by Crippen LogP contribution is 2.17. The summed E-state index contributed by atoms with van der Waals surface area (Å²) in [6, 6.07) is 1.06. The Kier molecular flexibility index (Phi) is 5.53. The van der Waals surface area contributed by atoms with Crippen LogP contribution in [0.4, 0.5) is 0 Å². The van der Waals surface area contributed by atoms with Crippen LogP contribution < -0.4 is 10.6 Å². The molecule has 3 nitrogen and oxygen atoms in total. The molecule has 2 heterocycles. The van der Waals surface area contributed by atoms with E-state index in [4.69, 9.17) is 0 Å². The SMILES string of the molecule is CC(NC1CCNCC1)c1nccs1.Cl. The molecule has 15 heavy (non-hydrogen) atoms. The summed E-state index contributed by atoms with van der Waals surface area (Å²) in [6.07, 6.45) is 4.34. The fraction of sp³-hybridized carbons (Fsp3) is 0.700. The second-order valence-electron chi connectivity index (χ2n) is 3.78. The summed E-state index contributed by atoms with van der Waals surface area (Å²) in [5, 5.41) is 10.2. The van der Waals surface area contributed by atoms with Gasteiger partial charge in [0.05, 0.1) is 6.04 Å². The van der Waals surface area contributed by atoms with Crippen LogP contribution >= 0.6 is 23.7 Å². The standard InChI is InChI=1S/C10H17N3S.ClH/c1-8(10-12-6-7-14-10)13-9-2-4-11-5-3-9;/h6-9,11,13H,2-5H2,1H3;1H. The molecule has 1 unspecified atom stereocenters. The Morgan fingerprint density at radius 2 is 2.27 bits per heavy atom. The molecule has 2 N–H and O–H groups in total. The number of rotatable bonds is 3. The van der Waals surface area contributed by atoms with Crippen LogP contribution in [-0.4, -0.2) is 24.1 Å². The van der Waals surface area contributed by atoms with Gasteiger partial charge in [0.1, 0.15) is 5.01 Å². The van der Waals surface area contributed by atoms with Crippen molar-refractivity contribution < 1.29 is 0 Å². The van der Waals surface area contributed by atoms with Gasteiger partial charge in [-0.1, -0.05) is 0 Å². The Labute approximate surface area is 101 Å². The number of thiazole rings is 1. The molecule has 0 radical (unpaired) electrons. The molecule has 0 bridgehead atoms. The highest BCUT2D eigenvalue weighted by atomic mass is 35.5. The number of nitrogens with one attached hydrogen (secondary N) is 2. The monoisotopic (exact) mass is 247 g/mol. The van der Waals surface area contributed by atoms with E-state index >= 15 is 0 Å². The summed E-state index contributed by atoms with van der Waals surface area (Å²) in [5.41, 5.74) is 0. The third-order valence-electron chi connectivity index (χ3n) is 2.65. The molecule has 1 aromatic heterocycles. The summed E-state index contributed by atoms with van der Waals surface area (Å²) >= 11 is 1.73. The topological polar surface area (TPSA) is 37.0 Å². The molecule has 0 spiro atoms. The highest BCUT2D eigenvalue weighted by Gasteiger charge is 2.16. The van der Waals surface area contributed by atoms with Crippen LogP contribution in [0.5, 0.6) is 0 Å². The lowest BCUT2D eigenvalue weighted by molar-refractivity contribution is 0.359. The van der Waals surface area contributed by atoms with Crippen LogP contribution in [0.1, 0.15) is 30.8 Å². The summed E-state index contributed by atoms with van der Waals surface area (Å²) in [4.78, 5) is 4.32. The first-order valence-electron chi connectivity index (χ1n) is 5.22. The van der Waals surface area contributed by atoms with Gasteiger partial charge >= 0.3 is 0 Å². The first-order chi connectivity index (χ1) is 6.86. The lowest BCUT2D eigenvalue weighted by Crippen LogP contribution is -2.40. The van der Waals surface area contributed by atoms with E-state index in [1.807, 2.05) is 11.6 Å². The second kappa shape index (κ2) is 6.43. The highest BCUT2D eigenvalue weighted by molar-refractivity contribution is 7.09. The molecule has 5 heteroatoms. The smallest absolute Gasteiger partial charge is 0.109 e. The number of halogens is 1. The first-order valence-corrected chi connectivity index (χ1v) is 6.10. The molecule has 0 aromatic carbocycles. The lowest BCUT2D eigenvalue weighted by Gasteiger charge is -2.26. The van der Waals surface area contributed by atoms with Gasteiger partial charge in [0.2, 0.25) is 0 Å². The summed E-state index contributed by atoms with van der Waals surface area (Å²) < 4.78 is 0. The van der Waals surface area contributed by atoms with E-state index < -0.39 is 0 Å². The van der Waals surface area contributed by atoms with Crippen LogP contribution in [0.3, 0.4) is 0 Å². The summed E-state index contributed by atoms with van der Waals surface area (Å²) in [6.45, 7) is 4.48. The second-order valence-corrected chi connectivity index (χ2v) is 4.71. The van der Waals surface area contributed by atoms with Gasteiger partial charge in [0.25, 0.3) is 0 Å². The van der Waals surface area contributed by atoms with Gasteiger partial charge in [-0.15, -0.1) is 23.7 Å². The van der Waals surface area contributed by atoms with Gasteiger partial charge in [0.15, 0.2) is 0 Å². The fourth-order valence-corrected chi connectivity index (χ4v) is 2.52. The van der Waals surface area contributed by atoms with Crippen LogP contribution in [0.2, 0.25) is 0 Å². The maximum absolute atomic E-state index is 4.32. The third-order valence-corrected chi connectivity index (χ3v) is 3.60. The van der Waals surface area contributed by atoms with E-state index in [-0.39, 0.29) is 12.4 Å². The predicted molar refractivity (Wildman–Crippen MR) is 66.8 cm³/mol. The van der Waals surface area contributed by atoms with Crippen molar-refractivity contribution in [3.8, 4) is 0 Å². The average Bonchev–Trinajstić information content (AvgIpc) is 2.72. The molecule has 2 rings (SSSR count). The number of hydrogen-bond acceptors (Lipinski definition) is 4. The Morgan fingerprint density at radius 1 is 1.53 bits per heavy atom. The Hall–Kier alpha value is -0.160. The zero-order valence-electron chi connectivity index (χ0n) is 8.90. The van der Waals surface area contributed by atoms with Crippen molar-refractivity contribution in [2.75, 3.05) is 13.1 Å². The third kappa shape index (κ3) is 3.72. The van der Waals surface area contributed by atoms with Crippen molar-refractivity contribution in [3.05, 3.63) is 16.6 Å².